The average Bonchev–Trinajstić information content (AvgIpc) is 3.26. The third kappa shape index (κ3) is 3.76. The molecule has 4 rings (SSSR count). The van der Waals surface area contributed by atoms with Gasteiger partial charge in [-0.25, -0.2) is 13.1 Å². The third-order valence-electron chi connectivity index (χ3n) is 4.36. The summed E-state index contributed by atoms with van der Waals surface area (Å²) in [7, 11) is -3.53. The molecular formula is C17H21N7O3S. The average molecular weight is 403 g/mol. The van der Waals surface area contributed by atoms with Gasteiger partial charge in [0, 0.05) is 13.1 Å². The van der Waals surface area contributed by atoms with E-state index in [0.29, 0.717) is 25.4 Å². The van der Waals surface area contributed by atoms with Crippen molar-refractivity contribution in [1.29, 1.82) is 0 Å². The molecule has 0 spiro atoms. The van der Waals surface area contributed by atoms with E-state index in [1.165, 1.54) is 9.10 Å². The van der Waals surface area contributed by atoms with Gasteiger partial charge in [-0.05, 0) is 38.1 Å². The SMILES string of the molecule is CC(C)Oc1ccc(S(=O)(=O)N2CC(n3cc(Cn4nccn4)nn3)C2)cc1. The second-order valence-electron chi connectivity index (χ2n) is 6.86. The van der Waals surface area contributed by atoms with Crippen LogP contribution in [0.15, 0.2) is 47.8 Å². The van der Waals surface area contributed by atoms with Gasteiger partial charge in [-0.1, -0.05) is 5.21 Å². The molecule has 0 aliphatic carbocycles. The summed E-state index contributed by atoms with van der Waals surface area (Å²) < 4.78 is 34.2. The van der Waals surface area contributed by atoms with E-state index in [1.54, 1.807) is 47.5 Å². The van der Waals surface area contributed by atoms with Crippen LogP contribution < -0.4 is 4.74 Å². The number of hydrogen-bond acceptors (Lipinski definition) is 7. The molecule has 0 bridgehead atoms. The Morgan fingerprint density at radius 2 is 1.82 bits per heavy atom. The minimum absolute atomic E-state index is 0.0369. The van der Waals surface area contributed by atoms with Gasteiger partial charge in [0.1, 0.15) is 18.0 Å². The number of benzene rings is 1. The second-order valence-corrected chi connectivity index (χ2v) is 8.80. The van der Waals surface area contributed by atoms with Gasteiger partial charge < -0.3 is 4.74 Å². The van der Waals surface area contributed by atoms with Crippen LogP contribution in [0.4, 0.5) is 0 Å². The van der Waals surface area contributed by atoms with E-state index in [0.717, 1.165) is 5.69 Å². The van der Waals surface area contributed by atoms with Crippen molar-refractivity contribution in [2.24, 2.45) is 0 Å². The zero-order valence-corrected chi connectivity index (χ0v) is 16.4. The normalized spacial score (nSPS) is 15.7. The summed E-state index contributed by atoms with van der Waals surface area (Å²) >= 11 is 0. The van der Waals surface area contributed by atoms with Crippen LogP contribution in [0.3, 0.4) is 0 Å². The maximum Gasteiger partial charge on any atom is 0.243 e. The molecule has 0 unspecified atom stereocenters. The van der Waals surface area contributed by atoms with Gasteiger partial charge >= 0.3 is 0 Å². The Balaban J connectivity index is 1.38. The predicted molar refractivity (Wildman–Crippen MR) is 99.1 cm³/mol. The van der Waals surface area contributed by atoms with E-state index in [2.05, 4.69) is 20.5 Å². The third-order valence-corrected chi connectivity index (χ3v) is 6.21. The molecule has 1 fully saturated rings. The lowest BCUT2D eigenvalue weighted by atomic mass is 10.2. The fourth-order valence-corrected chi connectivity index (χ4v) is 4.44. The van der Waals surface area contributed by atoms with Gasteiger partial charge in [-0.2, -0.15) is 19.3 Å². The van der Waals surface area contributed by atoms with Crippen molar-refractivity contribution >= 4 is 10.0 Å². The summed E-state index contributed by atoms with van der Waals surface area (Å²) in [6, 6.07) is 6.47. The van der Waals surface area contributed by atoms with Gasteiger partial charge in [0.05, 0.1) is 35.6 Å². The van der Waals surface area contributed by atoms with E-state index in [9.17, 15) is 8.42 Å². The minimum Gasteiger partial charge on any atom is -0.491 e. The summed E-state index contributed by atoms with van der Waals surface area (Å²) in [6.45, 7) is 4.98. The van der Waals surface area contributed by atoms with Crippen molar-refractivity contribution < 1.29 is 13.2 Å². The number of aromatic nitrogens is 6. The van der Waals surface area contributed by atoms with Crippen LogP contribution in [0.25, 0.3) is 0 Å². The molecule has 0 N–H and O–H groups in total. The van der Waals surface area contributed by atoms with Crippen LogP contribution >= 0.6 is 0 Å². The van der Waals surface area contributed by atoms with Gasteiger partial charge in [-0.3, -0.25) is 0 Å². The number of nitrogens with zero attached hydrogens (tertiary/aromatic N) is 7. The molecule has 1 aromatic carbocycles. The first-order chi connectivity index (χ1) is 13.4. The molecule has 2 aromatic heterocycles. The minimum atomic E-state index is -3.53. The molecule has 3 aromatic rings. The number of rotatable bonds is 7. The van der Waals surface area contributed by atoms with Crippen molar-refractivity contribution in [3.05, 3.63) is 48.5 Å². The second kappa shape index (κ2) is 7.32. The zero-order chi connectivity index (χ0) is 19.7. The maximum absolute atomic E-state index is 12.8. The van der Waals surface area contributed by atoms with Crippen LogP contribution in [-0.4, -0.2) is 61.9 Å². The molecular weight excluding hydrogens is 382 g/mol. The van der Waals surface area contributed by atoms with E-state index < -0.39 is 10.0 Å². The highest BCUT2D eigenvalue weighted by Crippen LogP contribution is 2.28. The smallest absolute Gasteiger partial charge is 0.243 e. The molecule has 0 saturated carbocycles. The zero-order valence-electron chi connectivity index (χ0n) is 15.6. The lowest BCUT2D eigenvalue weighted by molar-refractivity contribution is 0.189. The number of sulfonamides is 1. The van der Waals surface area contributed by atoms with Gasteiger partial charge in [0.25, 0.3) is 0 Å². The van der Waals surface area contributed by atoms with Crippen LogP contribution in [-0.2, 0) is 16.6 Å². The Labute approximate surface area is 162 Å². The Bertz CT molecular complexity index is 1020. The predicted octanol–water partition coefficient (Wildman–Crippen LogP) is 0.951. The molecule has 1 saturated heterocycles. The highest BCUT2D eigenvalue weighted by molar-refractivity contribution is 7.89. The van der Waals surface area contributed by atoms with Crippen molar-refractivity contribution in [3.8, 4) is 5.75 Å². The van der Waals surface area contributed by atoms with Gasteiger partial charge in [0.15, 0.2) is 0 Å². The fraction of sp³-hybridized carbons (Fsp3) is 0.412. The largest absolute Gasteiger partial charge is 0.491 e. The van der Waals surface area contributed by atoms with E-state index >= 15 is 0 Å². The molecule has 10 nitrogen and oxygen atoms in total. The molecule has 0 amide bonds. The standard InChI is InChI=1S/C17H21N7O3S/c1-13(2)27-16-3-5-17(6-4-16)28(25,26)22-11-15(12-22)23-9-14(20-21-23)10-24-18-7-8-19-24/h3-9,13,15H,10-12H2,1-2H3. The Hall–Kier alpha value is -2.79. The Morgan fingerprint density at radius 1 is 1.14 bits per heavy atom. The monoisotopic (exact) mass is 403 g/mol. The molecule has 1 aliphatic heterocycles. The summed E-state index contributed by atoms with van der Waals surface area (Å²) in [4.78, 5) is 1.77. The Kier molecular flexibility index (Phi) is 4.85. The molecule has 1 aliphatic rings. The summed E-state index contributed by atoms with van der Waals surface area (Å²) in [5.41, 5.74) is 0.721. The summed E-state index contributed by atoms with van der Waals surface area (Å²) in [5.74, 6) is 0.650. The van der Waals surface area contributed by atoms with E-state index in [1.807, 2.05) is 13.8 Å². The molecule has 3 heterocycles. The number of hydrogen-bond donors (Lipinski definition) is 0. The highest BCUT2D eigenvalue weighted by Gasteiger charge is 2.38. The maximum atomic E-state index is 12.8. The fourth-order valence-electron chi connectivity index (χ4n) is 2.93. The van der Waals surface area contributed by atoms with Gasteiger partial charge in [0.2, 0.25) is 10.0 Å². The van der Waals surface area contributed by atoms with E-state index in [4.69, 9.17) is 4.74 Å². The molecule has 148 valence electrons. The quantitative estimate of drug-likeness (QED) is 0.578. The topological polar surface area (TPSA) is 108 Å². The van der Waals surface area contributed by atoms with Crippen LogP contribution in [0.2, 0.25) is 0 Å². The summed E-state index contributed by atoms with van der Waals surface area (Å²) in [6.07, 6.45) is 5.03. The molecule has 28 heavy (non-hydrogen) atoms. The van der Waals surface area contributed by atoms with Crippen LogP contribution in [0.1, 0.15) is 25.6 Å². The van der Waals surface area contributed by atoms with Gasteiger partial charge in [-0.15, -0.1) is 5.10 Å². The molecule has 11 heteroatoms. The number of ether oxygens (including phenoxy) is 1. The first kappa shape index (κ1) is 18.6. The van der Waals surface area contributed by atoms with Crippen molar-refractivity contribution in [2.45, 2.75) is 37.4 Å². The molecule has 0 radical (unpaired) electrons. The highest BCUT2D eigenvalue weighted by atomic mass is 32.2. The van der Waals surface area contributed by atoms with Crippen LogP contribution in [0.5, 0.6) is 5.75 Å². The van der Waals surface area contributed by atoms with E-state index in [-0.39, 0.29) is 17.0 Å². The van der Waals surface area contributed by atoms with Crippen molar-refractivity contribution in [1.82, 2.24) is 34.3 Å². The first-order valence-electron chi connectivity index (χ1n) is 8.93. The summed E-state index contributed by atoms with van der Waals surface area (Å²) in [5, 5.41) is 16.3. The Morgan fingerprint density at radius 3 is 2.46 bits per heavy atom. The molecule has 0 atom stereocenters. The first-order valence-corrected chi connectivity index (χ1v) is 10.4. The van der Waals surface area contributed by atoms with Crippen molar-refractivity contribution in [2.75, 3.05) is 13.1 Å². The lowest BCUT2D eigenvalue weighted by Gasteiger charge is -2.37. The van der Waals surface area contributed by atoms with Crippen LogP contribution in [0, 0.1) is 0 Å². The van der Waals surface area contributed by atoms with Crippen molar-refractivity contribution in [3.63, 3.8) is 0 Å². The lowest BCUT2D eigenvalue weighted by Crippen LogP contribution is -2.50.